The number of rotatable bonds is 3. The monoisotopic (exact) mass is 308 g/mol. The number of anilines is 2. The number of aromatic hydroxyl groups is 1. The Morgan fingerprint density at radius 2 is 2.04 bits per heavy atom. The Labute approximate surface area is 134 Å². The molecule has 0 bridgehead atoms. The summed E-state index contributed by atoms with van der Waals surface area (Å²) in [6.45, 7) is 1.99. The summed E-state index contributed by atoms with van der Waals surface area (Å²) in [5.74, 6) is 0.406. The minimum Gasteiger partial charge on any atom is -0.506 e. The zero-order chi connectivity index (χ0) is 16.2. The molecule has 6 heteroatoms. The van der Waals surface area contributed by atoms with Crippen molar-refractivity contribution in [1.29, 1.82) is 5.26 Å². The minimum absolute atomic E-state index is 0.0843. The normalized spacial score (nSPS) is 13.6. The second kappa shape index (κ2) is 6.36. The van der Waals surface area contributed by atoms with E-state index in [9.17, 15) is 9.90 Å². The van der Waals surface area contributed by atoms with Gasteiger partial charge in [0.2, 0.25) is 0 Å². The van der Waals surface area contributed by atoms with Gasteiger partial charge in [0.15, 0.2) is 0 Å². The molecular weight excluding hydrogens is 292 g/mol. The van der Waals surface area contributed by atoms with E-state index in [1.165, 1.54) is 37.2 Å². The van der Waals surface area contributed by atoms with Crippen molar-refractivity contribution in [2.24, 2.45) is 0 Å². The third-order valence-electron chi connectivity index (χ3n) is 3.81. The number of phenolic OH excluding ortho intramolecular Hbond substituents is 1. The van der Waals surface area contributed by atoms with Gasteiger partial charge in [-0.3, -0.25) is 4.79 Å². The van der Waals surface area contributed by atoms with Crippen molar-refractivity contribution in [2.45, 2.75) is 12.8 Å². The fraction of sp³-hybridized carbons (Fsp3) is 0.235. The van der Waals surface area contributed by atoms with Gasteiger partial charge in [0.25, 0.3) is 5.91 Å². The van der Waals surface area contributed by atoms with Gasteiger partial charge in [0, 0.05) is 19.3 Å². The van der Waals surface area contributed by atoms with Gasteiger partial charge in [-0.25, -0.2) is 4.98 Å². The maximum absolute atomic E-state index is 12.2. The number of amides is 1. The van der Waals surface area contributed by atoms with Crippen LogP contribution in [0.2, 0.25) is 0 Å². The van der Waals surface area contributed by atoms with Crippen molar-refractivity contribution in [3.8, 4) is 11.8 Å². The largest absolute Gasteiger partial charge is 0.506 e. The van der Waals surface area contributed by atoms with Crippen LogP contribution in [0.5, 0.6) is 5.75 Å². The molecule has 2 aromatic rings. The van der Waals surface area contributed by atoms with Crippen molar-refractivity contribution in [1.82, 2.24) is 4.98 Å². The Morgan fingerprint density at radius 1 is 1.26 bits per heavy atom. The van der Waals surface area contributed by atoms with E-state index in [4.69, 9.17) is 5.26 Å². The molecule has 0 aliphatic carbocycles. The number of hydrogen-bond donors (Lipinski definition) is 2. The Bertz CT molecular complexity index is 759. The second-order valence-electron chi connectivity index (χ2n) is 5.40. The van der Waals surface area contributed by atoms with Crippen molar-refractivity contribution >= 4 is 17.4 Å². The van der Waals surface area contributed by atoms with Crippen LogP contribution in [0.3, 0.4) is 0 Å². The third-order valence-corrected chi connectivity index (χ3v) is 3.81. The Morgan fingerprint density at radius 3 is 2.70 bits per heavy atom. The van der Waals surface area contributed by atoms with Crippen molar-refractivity contribution in [2.75, 3.05) is 23.3 Å². The maximum Gasteiger partial charge on any atom is 0.257 e. The van der Waals surface area contributed by atoms with E-state index in [0.717, 1.165) is 18.9 Å². The second-order valence-corrected chi connectivity index (χ2v) is 5.40. The molecule has 1 aromatic heterocycles. The van der Waals surface area contributed by atoms with Crippen LogP contribution >= 0.6 is 0 Å². The molecule has 0 spiro atoms. The van der Waals surface area contributed by atoms with Gasteiger partial charge in [-0.05, 0) is 43.2 Å². The smallest absolute Gasteiger partial charge is 0.257 e. The summed E-state index contributed by atoms with van der Waals surface area (Å²) in [6, 6.07) is 9.79. The molecule has 0 radical (unpaired) electrons. The Balaban J connectivity index is 1.74. The molecule has 23 heavy (non-hydrogen) atoms. The van der Waals surface area contributed by atoms with Gasteiger partial charge in [-0.1, -0.05) is 0 Å². The highest BCUT2D eigenvalue weighted by Gasteiger charge is 2.15. The molecule has 2 N–H and O–H groups in total. The van der Waals surface area contributed by atoms with Gasteiger partial charge < -0.3 is 15.3 Å². The highest BCUT2D eigenvalue weighted by atomic mass is 16.3. The van der Waals surface area contributed by atoms with Crippen molar-refractivity contribution < 1.29 is 9.90 Å². The molecule has 3 rings (SSSR count). The average molecular weight is 308 g/mol. The molecule has 0 saturated carbocycles. The lowest BCUT2D eigenvalue weighted by atomic mass is 10.2. The average Bonchev–Trinajstić information content (AvgIpc) is 3.11. The number of nitriles is 1. The van der Waals surface area contributed by atoms with E-state index in [1.54, 1.807) is 6.07 Å². The quantitative estimate of drug-likeness (QED) is 0.850. The number of aromatic nitrogens is 1. The first kappa shape index (κ1) is 14.9. The first-order chi connectivity index (χ1) is 11.2. The predicted molar refractivity (Wildman–Crippen MR) is 86.5 cm³/mol. The van der Waals surface area contributed by atoms with Crippen LogP contribution in [0.4, 0.5) is 11.5 Å². The number of nitrogens with zero attached hydrogens (tertiary/aromatic N) is 3. The lowest BCUT2D eigenvalue weighted by molar-refractivity contribution is 0.102. The molecule has 6 nitrogen and oxygen atoms in total. The fourth-order valence-corrected chi connectivity index (χ4v) is 2.55. The number of carbonyl (C=O) groups is 1. The molecule has 1 amide bonds. The van der Waals surface area contributed by atoms with Crippen LogP contribution in [-0.4, -0.2) is 29.1 Å². The lowest BCUT2D eigenvalue weighted by Gasteiger charge is -2.16. The summed E-state index contributed by atoms with van der Waals surface area (Å²) in [6.07, 6.45) is 3.85. The lowest BCUT2D eigenvalue weighted by Crippen LogP contribution is -2.19. The number of hydrogen-bond acceptors (Lipinski definition) is 5. The number of phenols is 1. The minimum atomic E-state index is -0.379. The standard InChI is InChI=1S/C17H16N4O2/c18-10-12-3-5-15(22)14(9-12)20-17(23)13-4-6-16(19-11-13)21-7-1-2-8-21/h3-6,9,11,22H,1-2,7-8H2,(H,20,23). The molecule has 1 aromatic carbocycles. The van der Waals surface area contributed by atoms with E-state index in [1.807, 2.05) is 12.1 Å². The van der Waals surface area contributed by atoms with E-state index >= 15 is 0 Å². The summed E-state index contributed by atoms with van der Waals surface area (Å²) < 4.78 is 0. The van der Waals surface area contributed by atoms with Crippen molar-refractivity contribution in [3.63, 3.8) is 0 Å². The molecule has 1 aliphatic heterocycles. The zero-order valence-corrected chi connectivity index (χ0v) is 12.5. The van der Waals surface area contributed by atoms with Crippen molar-refractivity contribution in [3.05, 3.63) is 47.7 Å². The third kappa shape index (κ3) is 3.24. The first-order valence-electron chi connectivity index (χ1n) is 7.43. The van der Waals surface area contributed by atoms with Gasteiger partial charge in [0.05, 0.1) is 22.9 Å². The number of benzene rings is 1. The summed E-state index contributed by atoms with van der Waals surface area (Å²) in [5.41, 5.74) is 0.966. The summed E-state index contributed by atoms with van der Waals surface area (Å²) in [4.78, 5) is 18.8. The zero-order valence-electron chi connectivity index (χ0n) is 12.5. The van der Waals surface area contributed by atoms with Crippen LogP contribution in [0.25, 0.3) is 0 Å². The Kier molecular flexibility index (Phi) is 4.11. The molecule has 0 unspecified atom stereocenters. The molecule has 1 aliphatic rings. The fourth-order valence-electron chi connectivity index (χ4n) is 2.55. The Hall–Kier alpha value is -3.07. The number of pyridine rings is 1. The topological polar surface area (TPSA) is 89.2 Å². The molecule has 0 atom stereocenters. The van der Waals surface area contributed by atoms with Crippen LogP contribution in [0.15, 0.2) is 36.5 Å². The number of nitrogens with one attached hydrogen (secondary N) is 1. The first-order valence-corrected chi connectivity index (χ1v) is 7.43. The highest BCUT2D eigenvalue weighted by molar-refractivity contribution is 6.05. The summed E-state index contributed by atoms with van der Waals surface area (Å²) >= 11 is 0. The van der Waals surface area contributed by atoms with Gasteiger partial charge in [0.1, 0.15) is 11.6 Å². The van der Waals surface area contributed by atoms with E-state index in [-0.39, 0.29) is 17.3 Å². The SMILES string of the molecule is N#Cc1ccc(O)c(NC(=O)c2ccc(N3CCCC3)nc2)c1. The van der Waals surface area contributed by atoms with Crippen LogP contribution < -0.4 is 10.2 Å². The molecule has 2 heterocycles. The maximum atomic E-state index is 12.2. The van der Waals surface area contributed by atoms with Gasteiger partial charge >= 0.3 is 0 Å². The molecule has 1 fully saturated rings. The van der Waals surface area contributed by atoms with E-state index in [2.05, 4.69) is 15.2 Å². The molecule has 116 valence electrons. The molecular formula is C17H16N4O2. The van der Waals surface area contributed by atoms with Gasteiger partial charge in [-0.15, -0.1) is 0 Å². The van der Waals surface area contributed by atoms with Crippen LogP contribution in [0.1, 0.15) is 28.8 Å². The van der Waals surface area contributed by atoms with E-state index < -0.39 is 0 Å². The summed E-state index contributed by atoms with van der Waals surface area (Å²) in [5, 5.41) is 21.2. The molecule has 1 saturated heterocycles. The predicted octanol–water partition coefficient (Wildman–Crippen LogP) is 2.51. The van der Waals surface area contributed by atoms with Crippen LogP contribution in [0, 0.1) is 11.3 Å². The highest BCUT2D eigenvalue weighted by Crippen LogP contribution is 2.25. The van der Waals surface area contributed by atoms with Crippen LogP contribution in [-0.2, 0) is 0 Å². The number of carbonyl (C=O) groups excluding carboxylic acids is 1. The van der Waals surface area contributed by atoms with E-state index in [0.29, 0.717) is 11.1 Å². The summed E-state index contributed by atoms with van der Waals surface area (Å²) in [7, 11) is 0. The van der Waals surface area contributed by atoms with Gasteiger partial charge in [-0.2, -0.15) is 5.26 Å².